The van der Waals surface area contributed by atoms with Crippen molar-refractivity contribution in [2.75, 3.05) is 0 Å². The average Bonchev–Trinajstić information content (AvgIpc) is 2.67. The van der Waals surface area contributed by atoms with E-state index in [0.29, 0.717) is 0 Å². The summed E-state index contributed by atoms with van der Waals surface area (Å²) in [5.41, 5.74) is -1.08. The third-order valence-corrected chi connectivity index (χ3v) is 1.55. The number of nitrogens with zero attached hydrogens (tertiary/aromatic N) is 5. The monoisotopic (exact) mass is 214 g/mol. The van der Waals surface area contributed by atoms with E-state index in [4.69, 9.17) is 0 Å². The molecule has 2 rings (SSSR count). The molecule has 0 aromatic carbocycles. The molecule has 0 radical (unpaired) electrons. The molecule has 0 amide bonds. The van der Waals surface area contributed by atoms with Gasteiger partial charge in [-0.1, -0.05) is 5.69 Å². The lowest BCUT2D eigenvalue weighted by Crippen LogP contribution is -2.04. The highest BCUT2D eigenvalue weighted by atomic mass is 19.4. The standard InChI is InChI=1S/C7H3F3N5/c8-7(9,10)5-1-4(14-15-5)6-12-2-11-3-13-6/h1-3H/q-1. The van der Waals surface area contributed by atoms with Gasteiger partial charge in [-0.15, -0.1) is 0 Å². The van der Waals surface area contributed by atoms with Crippen molar-refractivity contribution in [1.82, 2.24) is 25.1 Å². The average molecular weight is 214 g/mol. The Labute approximate surface area is 81.4 Å². The number of halogens is 3. The van der Waals surface area contributed by atoms with Crippen molar-refractivity contribution in [2.24, 2.45) is 0 Å². The Morgan fingerprint density at radius 2 is 1.80 bits per heavy atom. The van der Waals surface area contributed by atoms with E-state index in [2.05, 4.69) is 25.1 Å². The van der Waals surface area contributed by atoms with Crippen molar-refractivity contribution in [3.8, 4) is 11.5 Å². The van der Waals surface area contributed by atoms with Crippen LogP contribution in [0.4, 0.5) is 13.2 Å². The lowest BCUT2D eigenvalue weighted by molar-refractivity contribution is -0.141. The molecule has 0 N–H and O–H groups in total. The van der Waals surface area contributed by atoms with Gasteiger partial charge in [-0.2, -0.15) is 13.2 Å². The molecular weight excluding hydrogens is 211 g/mol. The van der Waals surface area contributed by atoms with Crippen LogP contribution in [0.5, 0.6) is 0 Å². The lowest BCUT2D eigenvalue weighted by Gasteiger charge is -2.01. The van der Waals surface area contributed by atoms with Gasteiger partial charge in [-0.05, 0) is 6.07 Å². The van der Waals surface area contributed by atoms with E-state index in [1.54, 1.807) is 0 Å². The normalized spacial score (nSPS) is 11.7. The van der Waals surface area contributed by atoms with E-state index >= 15 is 0 Å². The molecule has 0 spiro atoms. The Hall–Kier alpha value is -1.99. The van der Waals surface area contributed by atoms with E-state index in [0.717, 1.165) is 6.07 Å². The fourth-order valence-corrected chi connectivity index (χ4v) is 0.914. The van der Waals surface area contributed by atoms with Crippen molar-refractivity contribution < 1.29 is 13.2 Å². The van der Waals surface area contributed by atoms with Crippen LogP contribution in [0.2, 0.25) is 0 Å². The summed E-state index contributed by atoms with van der Waals surface area (Å²) in [4.78, 5) is 10.8. The predicted octanol–water partition coefficient (Wildman–Crippen LogP) is 0.910. The second kappa shape index (κ2) is 3.30. The number of hydrogen-bond donors (Lipinski definition) is 0. The van der Waals surface area contributed by atoms with Crippen LogP contribution < -0.4 is 5.10 Å². The molecule has 0 saturated carbocycles. The third kappa shape index (κ3) is 1.92. The maximum absolute atomic E-state index is 12.2. The van der Waals surface area contributed by atoms with Crippen molar-refractivity contribution >= 4 is 0 Å². The zero-order chi connectivity index (χ0) is 10.9. The van der Waals surface area contributed by atoms with Gasteiger partial charge in [-0.25, -0.2) is 15.0 Å². The minimum atomic E-state index is -4.50. The first-order chi connectivity index (χ1) is 7.07. The fourth-order valence-electron chi connectivity index (χ4n) is 0.914. The fraction of sp³-hybridized carbons (Fsp3) is 0.143. The molecule has 0 fully saturated rings. The van der Waals surface area contributed by atoms with Gasteiger partial charge in [0.2, 0.25) is 0 Å². The molecular formula is C7H3F3N5-. The Balaban J connectivity index is 2.37. The largest absolute Gasteiger partial charge is 0.572 e. The second-order valence-corrected chi connectivity index (χ2v) is 2.57. The molecule has 0 aliphatic carbocycles. The first-order valence-electron chi connectivity index (χ1n) is 3.77. The highest BCUT2D eigenvalue weighted by molar-refractivity contribution is 5.48. The van der Waals surface area contributed by atoms with Gasteiger partial charge in [0.05, 0.1) is 0 Å². The van der Waals surface area contributed by atoms with E-state index in [1.165, 1.54) is 12.7 Å². The molecule has 0 aliphatic heterocycles. The maximum atomic E-state index is 12.2. The third-order valence-electron chi connectivity index (χ3n) is 1.55. The SMILES string of the molecule is FC(F)(F)c1cc(-c2ncncn2)[n-]n1. The molecule has 0 aliphatic rings. The Bertz CT molecular complexity index is 449. The van der Waals surface area contributed by atoms with Crippen LogP contribution in [0.1, 0.15) is 5.69 Å². The number of aromatic nitrogens is 5. The number of rotatable bonds is 1. The van der Waals surface area contributed by atoms with Gasteiger partial charge in [0.25, 0.3) is 0 Å². The van der Waals surface area contributed by atoms with Crippen LogP contribution in [-0.2, 0) is 6.18 Å². The van der Waals surface area contributed by atoms with E-state index in [9.17, 15) is 13.2 Å². The minimum absolute atomic E-state index is 0.0234. The van der Waals surface area contributed by atoms with Crippen LogP contribution in [-0.4, -0.2) is 20.1 Å². The zero-order valence-electron chi connectivity index (χ0n) is 7.10. The summed E-state index contributed by atoms with van der Waals surface area (Å²) in [6.45, 7) is 0. The molecule has 0 atom stereocenters. The quantitative estimate of drug-likeness (QED) is 0.705. The molecule has 8 heteroatoms. The van der Waals surface area contributed by atoms with Crippen molar-refractivity contribution in [3.63, 3.8) is 0 Å². The van der Waals surface area contributed by atoms with Gasteiger partial charge in [0, 0.05) is 0 Å². The topological polar surface area (TPSA) is 65.7 Å². The summed E-state index contributed by atoms with van der Waals surface area (Å²) in [7, 11) is 0. The van der Waals surface area contributed by atoms with Gasteiger partial charge < -0.3 is 10.2 Å². The van der Waals surface area contributed by atoms with Crippen molar-refractivity contribution in [3.05, 3.63) is 24.4 Å². The molecule has 2 heterocycles. The maximum Gasteiger partial charge on any atom is 0.431 e. The highest BCUT2D eigenvalue weighted by Gasteiger charge is 2.31. The van der Waals surface area contributed by atoms with Crippen LogP contribution in [0.3, 0.4) is 0 Å². The van der Waals surface area contributed by atoms with Gasteiger partial charge in [-0.3, -0.25) is 0 Å². The van der Waals surface area contributed by atoms with Gasteiger partial charge >= 0.3 is 6.18 Å². The molecule has 15 heavy (non-hydrogen) atoms. The summed E-state index contributed by atoms with van der Waals surface area (Å²) in [5.74, 6) is 0.0630. The first kappa shape index (κ1) is 9.56. The van der Waals surface area contributed by atoms with Crippen LogP contribution in [0.15, 0.2) is 18.7 Å². The van der Waals surface area contributed by atoms with E-state index < -0.39 is 11.9 Å². The zero-order valence-corrected chi connectivity index (χ0v) is 7.10. The van der Waals surface area contributed by atoms with E-state index in [1.807, 2.05) is 0 Å². The molecule has 2 aromatic heterocycles. The molecule has 5 nitrogen and oxygen atoms in total. The van der Waals surface area contributed by atoms with Crippen LogP contribution in [0.25, 0.3) is 11.5 Å². The lowest BCUT2D eigenvalue weighted by atomic mass is 10.3. The van der Waals surface area contributed by atoms with Crippen LogP contribution >= 0.6 is 0 Å². The van der Waals surface area contributed by atoms with Crippen LogP contribution in [0, 0.1) is 0 Å². The second-order valence-electron chi connectivity index (χ2n) is 2.57. The predicted molar refractivity (Wildman–Crippen MR) is 41.4 cm³/mol. The summed E-state index contributed by atoms with van der Waals surface area (Å²) >= 11 is 0. The summed E-state index contributed by atoms with van der Waals surface area (Å²) in [6, 6.07) is 0.787. The Kier molecular flexibility index (Phi) is 2.10. The Morgan fingerprint density at radius 1 is 1.13 bits per heavy atom. The molecule has 0 unspecified atom stereocenters. The first-order valence-corrected chi connectivity index (χ1v) is 3.77. The summed E-state index contributed by atoms with van der Waals surface area (Å²) < 4.78 is 36.5. The van der Waals surface area contributed by atoms with E-state index in [-0.39, 0.29) is 11.5 Å². The summed E-state index contributed by atoms with van der Waals surface area (Å²) in [5, 5.41) is 6.32. The van der Waals surface area contributed by atoms with Crippen molar-refractivity contribution in [1.29, 1.82) is 0 Å². The number of hydrogen-bond acceptors (Lipinski definition) is 4. The highest BCUT2D eigenvalue weighted by Crippen LogP contribution is 2.28. The molecule has 0 bridgehead atoms. The molecule has 78 valence electrons. The smallest absolute Gasteiger partial charge is 0.431 e. The molecule has 0 saturated heterocycles. The Morgan fingerprint density at radius 3 is 2.33 bits per heavy atom. The van der Waals surface area contributed by atoms with Crippen molar-refractivity contribution in [2.45, 2.75) is 6.18 Å². The minimum Gasteiger partial charge on any atom is -0.572 e. The molecule has 2 aromatic rings. The van der Waals surface area contributed by atoms with Gasteiger partial charge in [0.15, 0.2) is 0 Å². The summed E-state index contributed by atoms with van der Waals surface area (Å²) in [6.07, 6.45) is -2.16. The van der Waals surface area contributed by atoms with Gasteiger partial charge in [0.1, 0.15) is 24.2 Å². The number of alkyl halides is 3.